The van der Waals surface area contributed by atoms with E-state index in [-0.39, 0.29) is 6.04 Å². The Morgan fingerprint density at radius 2 is 1.55 bits per heavy atom. The highest BCUT2D eigenvalue weighted by Gasteiger charge is 2.36. The second-order valence-electron chi connectivity index (χ2n) is 8.80. The summed E-state index contributed by atoms with van der Waals surface area (Å²) < 4.78 is 11.5. The van der Waals surface area contributed by atoms with Crippen LogP contribution in [0, 0.1) is 0 Å². The summed E-state index contributed by atoms with van der Waals surface area (Å²) in [6, 6.07) is 25.4. The molecule has 0 aromatic heterocycles. The number of rotatable bonds is 8. The maximum Gasteiger partial charge on any atom is 0.161 e. The van der Waals surface area contributed by atoms with Crippen LogP contribution in [-0.4, -0.2) is 41.4 Å². The normalized spacial score (nSPS) is 17.8. The van der Waals surface area contributed by atoms with Gasteiger partial charge in [-0.15, -0.1) is 0 Å². The number of hydrogen-bond donors (Lipinski definition) is 2. The Hall–Kier alpha value is -2.86. The first-order chi connectivity index (χ1) is 16.0. The molecule has 4 rings (SSSR count). The fraction of sp³-hybridized carbons (Fsp3) is 0.357. The zero-order valence-electron chi connectivity index (χ0n) is 19.4. The van der Waals surface area contributed by atoms with Gasteiger partial charge >= 0.3 is 0 Å². The SMILES string of the molecule is COc1cc(C(O)[C@@H](C)N2CCC(O)(c3ccccc3)CC2)ccc1OCc1ccccc1. The van der Waals surface area contributed by atoms with Crippen LogP contribution >= 0.6 is 0 Å². The van der Waals surface area contributed by atoms with Crippen LogP contribution in [-0.2, 0) is 12.2 Å². The van der Waals surface area contributed by atoms with Crippen molar-refractivity contribution in [3.05, 3.63) is 95.6 Å². The molecule has 0 spiro atoms. The second kappa shape index (κ2) is 10.4. The van der Waals surface area contributed by atoms with Gasteiger partial charge in [0, 0.05) is 19.1 Å². The monoisotopic (exact) mass is 447 g/mol. The first-order valence-electron chi connectivity index (χ1n) is 11.5. The van der Waals surface area contributed by atoms with E-state index in [1.165, 1.54) is 0 Å². The zero-order chi connectivity index (χ0) is 23.3. The topological polar surface area (TPSA) is 62.2 Å². The third kappa shape index (κ3) is 5.38. The van der Waals surface area contributed by atoms with Gasteiger partial charge in [0.2, 0.25) is 0 Å². The Labute approximate surface area is 196 Å². The lowest BCUT2D eigenvalue weighted by atomic mass is 9.83. The molecule has 1 aliphatic rings. The summed E-state index contributed by atoms with van der Waals surface area (Å²) in [7, 11) is 1.61. The molecule has 0 radical (unpaired) electrons. The fourth-order valence-corrected chi connectivity index (χ4v) is 4.54. The quantitative estimate of drug-likeness (QED) is 0.525. The number of aliphatic hydroxyl groups excluding tert-OH is 1. The van der Waals surface area contributed by atoms with Crippen LogP contribution in [0.2, 0.25) is 0 Å². The van der Waals surface area contributed by atoms with Gasteiger partial charge in [0.1, 0.15) is 6.61 Å². The Balaban J connectivity index is 1.39. The Morgan fingerprint density at radius 3 is 2.18 bits per heavy atom. The van der Waals surface area contributed by atoms with Gasteiger partial charge < -0.3 is 19.7 Å². The van der Waals surface area contributed by atoms with E-state index < -0.39 is 11.7 Å². The lowest BCUT2D eigenvalue weighted by Gasteiger charge is -2.42. The lowest BCUT2D eigenvalue weighted by Crippen LogP contribution is -2.47. The summed E-state index contributed by atoms with van der Waals surface area (Å²) in [4.78, 5) is 2.24. The van der Waals surface area contributed by atoms with Gasteiger partial charge in [-0.3, -0.25) is 4.90 Å². The maximum absolute atomic E-state index is 11.1. The first-order valence-corrected chi connectivity index (χ1v) is 11.5. The van der Waals surface area contributed by atoms with Gasteiger partial charge in [0.05, 0.1) is 18.8 Å². The van der Waals surface area contributed by atoms with Gasteiger partial charge in [0.15, 0.2) is 11.5 Å². The summed E-state index contributed by atoms with van der Waals surface area (Å²) >= 11 is 0. The van der Waals surface area contributed by atoms with Crippen LogP contribution < -0.4 is 9.47 Å². The van der Waals surface area contributed by atoms with Crippen molar-refractivity contribution >= 4 is 0 Å². The zero-order valence-corrected chi connectivity index (χ0v) is 19.4. The summed E-state index contributed by atoms with van der Waals surface area (Å²) in [5.74, 6) is 1.25. The van der Waals surface area contributed by atoms with Gasteiger partial charge in [-0.25, -0.2) is 0 Å². The number of ether oxygens (including phenoxy) is 2. The average molecular weight is 448 g/mol. The van der Waals surface area contributed by atoms with Gasteiger partial charge in [-0.1, -0.05) is 66.7 Å². The molecule has 1 fully saturated rings. The number of aliphatic hydroxyl groups is 2. The maximum atomic E-state index is 11.1. The third-order valence-electron chi connectivity index (χ3n) is 6.74. The van der Waals surface area contributed by atoms with Crippen molar-refractivity contribution in [1.82, 2.24) is 4.90 Å². The van der Waals surface area contributed by atoms with Gasteiger partial charge in [0.25, 0.3) is 0 Å². The average Bonchev–Trinajstić information content (AvgIpc) is 2.88. The lowest BCUT2D eigenvalue weighted by molar-refractivity contribution is -0.0502. The van der Waals surface area contributed by atoms with Crippen LogP contribution in [0.5, 0.6) is 11.5 Å². The van der Waals surface area contributed by atoms with Gasteiger partial charge in [-0.2, -0.15) is 0 Å². The molecule has 3 aromatic rings. The predicted molar refractivity (Wildman–Crippen MR) is 129 cm³/mol. The van der Waals surface area contributed by atoms with Gasteiger partial charge in [-0.05, 0) is 48.6 Å². The summed E-state index contributed by atoms with van der Waals surface area (Å²) in [6.07, 6.45) is 0.609. The van der Waals surface area contributed by atoms with Crippen molar-refractivity contribution in [3.63, 3.8) is 0 Å². The smallest absolute Gasteiger partial charge is 0.161 e. The molecule has 174 valence electrons. The van der Waals surface area contributed by atoms with E-state index in [0.29, 0.717) is 30.9 Å². The van der Waals surface area contributed by atoms with E-state index in [4.69, 9.17) is 9.47 Å². The molecule has 5 nitrogen and oxygen atoms in total. The van der Waals surface area contributed by atoms with Crippen molar-refractivity contribution < 1.29 is 19.7 Å². The molecule has 0 aliphatic carbocycles. The summed E-state index contributed by atoms with van der Waals surface area (Å²) in [5.41, 5.74) is 2.03. The van der Waals surface area contributed by atoms with Crippen LogP contribution in [0.4, 0.5) is 0 Å². The van der Waals surface area contributed by atoms with Crippen molar-refractivity contribution in [1.29, 1.82) is 0 Å². The van der Waals surface area contributed by atoms with E-state index in [1.807, 2.05) is 85.8 Å². The van der Waals surface area contributed by atoms with E-state index in [9.17, 15) is 10.2 Å². The largest absolute Gasteiger partial charge is 0.493 e. The second-order valence-corrected chi connectivity index (χ2v) is 8.80. The number of piperidine rings is 1. The molecule has 0 saturated carbocycles. The summed E-state index contributed by atoms with van der Waals surface area (Å²) in [6.45, 7) is 3.93. The number of likely N-dealkylation sites (tertiary alicyclic amines) is 1. The van der Waals surface area contributed by atoms with Crippen molar-refractivity contribution in [2.75, 3.05) is 20.2 Å². The summed E-state index contributed by atoms with van der Waals surface area (Å²) in [5, 5.41) is 22.2. The van der Waals surface area contributed by atoms with E-state index in [2.05, 4.69) is 4.90 Å². The van der Waals surface area contributed by atoms with Crippen LogP contribution in [0.3, 0.4) is 0 Å². The Kier molecular flexibility index (Phi) is 7.33. The van der Waals surface area contributed by atoms with Crippen molar-refractivity contribution in [2.24, 2.45) is 0 Å². The standard InChI is InChI=1S/C28H33NO4/c1-21(29-17-15-28(31,16-18-29)24-11-7-4-8-12-24)27(30)23-13-14-25(26(19-23)32-2)33-20-22-9-5-3-6-10-22/h3-14,19,21,27,30-31H,15-18,20H2,1-2H3/t21-,27?/m1/s1. The van der Waals surface area contributed by atoms with Crippen LogP contribution in [0.1, 0.15) is 42.6 Å². The molecule has 0 bridgehead atoms. The molecule has 3 aromatic carbocycles. The molecular weight excluding hydrogens is 414 g/mol. The minimum atomic E-state index is -0.802. The molecule has 5 heteroatoms. The number of benzene rings is 3. The number of methoxy groups -OCH3 is 1. The molecule has 1 saturated heterocycles. The molecule has 1 unspecified atom stereocenters. The van der Waals surface area contributed by atoms with Crippen molar-refractivity contribution in [2.45, 2.75) is 44.1 Å². The molecule has 2 N–H and O–H groups in total. The highest BCUT2D eigenvalue weighted by molar-refractivity contribution is 5.44. The van der Waals surface area contributed by atoms with E-state index in [1.54, 1.807) is 7.11 Å². The van der Waals surface area contributed by atoms with Crippen LogP contribution in [0.25, 0.3) is 0 Å². The minimum absolute atomic E-state index is 0.0916. The fourth-order valence-electron chi connectivity index (χ4n) is 4.54. The van der Waals surface area contributed by atoms with E-state index >= 15 is 0 Å². The predicted octanol–water partition coefficient (Wildman–Crippen LogP) is 4.68. The number of hydrogen-bond acceptors (Lipinski definition) is 5. The highest BCUT2D eigenvalue weighted by atomic mass is 16.5. The highest BCUT2D eigenvalue weighted by Crippen LogP contribution is 2.36. The molecule has 1 aliphatic heterocycles. The first kappa shape index (κ1) is 23.3. The third-order valence-corrected chi connectivity index (χ3v) is 6.74. The molecule has 33 heavy (non-hydrogen) atoms. The molecular formula is C28H33NO4. The molecule has 1 heterocycles. The minimum Gasteiger partial charge on any atom is -0.493 e. The molecule has 2 atom stereocenters. The molecule has 0 amide bonds. The van der Waals surface area contributed by atoms with Crippen molar-refractivity contribution in [3.8, 4) is 11.5 Å². The Morgan fingerprint density at radius 1 is 0.909 bits per heavy atom. The van der Waals surface area contributed by atoms with Crippen LogP contribution in [0.15, 0.2) is 78.9 Å². The Bertz CT molecular complexity index is 1020. The van der Waals surface area contributed by atoms with E-state index in [0.717, 1.165) is 29.8 Å². The number of nitrogens with zero attached hydrogens (tertiary/aromatic N) is 1.